The molecule has 1 aliphatic rings. The predicted molar refractivity (Wildman–Crippen MR) is 88.8 cm³/mol. The summed E-state index contributed by atoms with van der Waals surface area (Å²) in [6.45, 7) is 7.79. The maximum atomic E-state index is 4.93. The highest BCUT2D eigenvalue weighted by molar-refractivity contribution is 7.15. The molecular formula is C16H29N3S. The van der Waals surface area contributed by atoms with E-state index in [4.69, 9.17) is 4.98 Å². The molecule has 1 fully saturated rings. The molecule has 0 radical (unpaired) electrons. The summed E-state index contributed by atoms with van der Waals surface area (Å²) in [6, 6.07) is 0.673. The molecule has 1 saturated carbocycles. The molecule has 3 nitrogen and oxygen atoms in total. The molecule has 2 unspecified atom stereocenters. The van der Waals surface area contributed by atoms with Gasteiger partial charge in [0.1, 0.15) is 0 Å². The molecule has 1 aromatic rings. The predicted octanol–water partition coefficient (Wildman–Crippen LogP) is 4.00. The number of thiazole rings is 1. The van der Waals surface area contributed by atoms with Gasteiger partial charge in [0.15, 0.2) is 5.13 Å². The van der Waals surface area contributed by atoms with Crippen LogP contribution in [0.4, 0.5) is 5.13 Å². The van der Waals surface area contributed by atoms with E-state index in [0.717, 1.165) is 12.5 Å². The lowest BCUT2D eigenvalue weighted by molar-refractivity contribution is 0.336. The fourth-order valence-electron chi connectivity index (χ4n) is 3.15. The van der Waals surface area contributed by atoms with Crippen molar-refractivity contribution in [3.05, 3.63) is 10.6 Å². The van der Waals surface area contributed by atoms with Gasteiger partial charge in [-0.1, -0.05) is 33.6 Å². The van der Waals surface area contributed by atoms with Crippen molar-refractivity contribution in [3.63, 3.8) is 0 Å². The number of aromatic nitrogens is 1. The number of nitrogens with zero attached hydrogens (tertiary/aromatic N) is 2. The summed E-state index contributed by atoms with van der Waals surface area (Å²) >= 11 is 1.87. The Hall–Kier alpha value is -0.610. The van der Waals surface area contributed by atoms with Crippen molar-refractivity contribution in [2.75, 3.05) is 19.0 Å². The van der Waals surface area contributed by atoms with Gasteiger partial charge >= 0.3 is 0 Å². The van der Waals surface area contributed by atoms with Crippen LogP contribution < -0.4 is 10.2 Å². The topological polar surface area (TPSA) is 28.2 Å². The van der Waals surface area contributed by atoms with E-state index in [1.54, 1.807) is 0 Å². The molecule has 1 N–H and O–H groups in total. The van der Waals surface area contributed by atoms with E-state index in [1.165, 1.54) is 41.4 Å². The second-order valence-electron chi connectivity index (χ2n) is 6.53. The summed E-state index contributed by atoms with van der Waals surface area (Å²) in [4.78, 5) is 8.77. The van der Waals surface area contributed by atoms with Gasteiger partial charge < -0.3 is 10.2 Å². The van der Waals surface area contributed by atoms with Crippen LogP contribution in [0.1, 0.15) is 62.9 Å². The third-order valence-electron chi connectivity index (χ3n) is 4.36. The Balaban J connectivity index is 2.16. The molecule has 20 heavy (non-hydrogen) atoms. The molecule has 0 amide bonds. The van der Waals surface area contributed by atoms with Gasteiger partial charge in [0.25, 0.3) is 0 Å². The molecule has 0 saturated heterocycles. The third kappa shape index (κ3) is 3.53. The Kier molecular flexibility index (Phi) is 5.44. The molecule has 114 valence electrons. The minimum absolute atomic E-state index is 0.502. The number of hydrogen-bond donors (Lipinski definition) is 1. The number of nitrogens with one attached hydrogen (secondary N) is 1. The molecule has 0 bridgehead atoms. The van der Waals surface area contributed by atoms with Gasteiger partial charge in [-0.05, 0) is 31.7 Å². The lowest BCUT2D eigenvalue weighted by Crippen LogP contribution is -2.35. The number of anilines is 1. The molecule has 0 aromatic carbocycles. The van der Waals surface area contributed by atoms with E-state index in [-0.39, 0.29) is 0 Å². The quantitative estimate of drug-likeness (QED) is 0.890. The van der Waals surface area contributed by atoms with Crippen LogP contribution in [0, 0.1) is 5.92 Å². The molecule has 0 aliphatic heterocycles. The van der Waals surface area contributed by atoms with Crippen LogP contribution in [0.15, 0.2) is 0 Å². The van der Waals surface area contributed by atoms with Gasteiger partial charge in [-0.3, -0.25) is 0 Å². The second kappa shape index (κ2) is 6.90. The van der Waals surface area contributed by atoms with Gasteiger partial charge in [0.2, 0.25) is 0 Å². The van der Waals surface area contributed by atoms with E-state index >= 15 is 0 Å². The first-order valence-electron chi connectivity index (χ1n) is 7.90. The zero-order valence-electron chi connectivity index (χ0n) is 13.6. The first kappa shape index (κ1) is 15.8. The molecule has 2 rings (SSSR count). The monoisotopic (exact) mass is 295 g/mol. The van der Waals surface area contributed by atoms with Gasteiger partial charge in [-0.2, -0.15) is 0 Å². The first-order valence-corrected chi connectivity index (χ1v) is 8.71. The van der Waals surface area contributed by atoms with Crippen LogP contribution in [0.5, 0.6) is 0 Å². The van der Waals surface area contributed by atoms with Gasteiger partial charge in [0.05, 0.1) is 5.69 Å². The fraction of sp³-hybridized carbons (Fsp3) is 0.812. The summed E-state index contributed by atoms with van der Waals surface area (Å²) in [5, 5.41) is 4.48. The summed E-state index contributed by atoms with van der Waals surface area (Å²) in [5.41, 5.74) is 1.27. The third-order valence-corrected chi connectivity index (χ3v) is 5.52. The highest BCUT2D eigenvalue weighted by Crippen LogP contribution is 2.34. The van der Waals surface area contributed by atoms with Crippen molar-refractivity contribution in [2.24, 2.45) is 5.92 Å². The summed E-state index contributed by atoms with van der Waals surface area (Å²) in [6.07, 6.45) is 5.39. The normalized spacial score (nSPS) is 23.3. The zero-order chi connectivity index (χ0) is 14.7. The van der Waals surface area contributed by atoms with Gasteiger partial charge in [0, 0.05) is 24.5 Å². The highest BCUT2D eigenvalue weighted by Gasteiger charge is 2.25. The summed E-state index contributed by atoms with van der Waals surface area (Å²) in [7, 11) is 4.24. The molecule has 1 heterocycles. The minimum atomic E-state index is 0.502. The smallest absolute Gasteiger partial charge is 0.185 e. The lowest BCUT2D eigenvalue weighted by atomic mass is 9.86. The summed E-state index contributed by atoms with van der Waals surface area (Å²) < 4.78 is 0. The maximum absolute atomic E-state index is 4.93. The van der Waals surface area contributed by atoms with Crippen LogP contribution in [-0.2, 0) is 6.54 Å². The zero-order valence-corrected chi connectivity index (χ0v) is 14.4. The molecule has 1 aliphatic carbocycles. The maximum Gasteiger partial charge on any atom is 0.185 e. The first-order chi connectivity index (χ1) is 9.52. The van der Waals surface area contributed by atoms with Crippen molar-refractivity contribution in [1.29, 1.82) is 0 Å². The van der Waals surface area contributed by atoms with Crippen molar-refractivity contribution < 1.29 is 0 Å². The van der Waals surface area contributed by atoms with E-state index in [9.17, 15) is 0 Å². The molecule has 0 spiro atoms. The Bertz CT molecular complexity index is 427. The Labute approximate surface area is 127 Å². The SMILES string of the molecule is CNCc1sc(N(C)C2CCCC(C)C2)nc1C(C)C. The van der Waals surface area contributed by atoms with Gasteiger partial charge in [-0.15, -0.1) is 11.3 Å². The van der Waals surface area contributed by atoms with E-state index in [0.29, 0.717) is 12.0 Å². The van der Waals surface area contributed by atoms with E-state index in [2.05, 4.69) is 38.0 Å². The van der Waals surface area contributed by atoms with Crippen molar-refractivity contribution in [1.82, 2.24) is 10.3 Å². The van der Waals surface area contributed by atoms with Crippen molar-refractivity contribution in [2.45, 2.75) is 65.0 Å². The standard InChI is InChI=1S/C16H29N3S/c1-11(2)15-14(10-17-4)20-16(18-15)19(5)13-8-6-7-12(3)9-13/h11-13,17H,6-10H2,1-5H3. The minimum Gasteiger partial charge on any atom is -0.348 e. The molecule has 1 aromatic heterocycles. The van der Waals surface area contributed by atoms with Crippen LogP contribution in [0.25, 0.3) is 0 Å². The average molecular weight is 295 g/mol. The van der Waals surface area contributed by atoms with Crippen LogP contribution in [-0.4, -0.2) is 25.1 Å². The molecular weight excluding hydrogens is 266 g/mol. The van der Waals surface area contributed by atoms with Crippen molar-refractivity contribution >= 4 is 16.5 Å². The molecule has 2 atom stereocenters. The van der Waals surface area contributed by atoms with Crippen LogP contribution in [0.3, 0.4) is 0 Å². The Morgan fingerprint density at radius 1 is 1.40 bits per heavy atom. The van der Waals surface area contributed by atoms with E-state index in [1.807, 2.05) is 18.4 Å². The summed E-state index contributed by atoms with van der Waals surface area (Å²) in [5.74, 6) is 1.36. The second-order valence-corrected chi connectivity index (χ2v) is 7.59. The van der Waals surface area contributed by atoms with Crippen LogP contribution >= 0.6 is 11.3 Å². The molecule has 4 heteroatoms. The Morgan fingerprint density at radius 2 is 2.15 bits per heavy atom. The van der Waals surface area contributed by atoms with Gasteiger partial charge in [-0.25, -0.2) is 4.98 Å². The number of rotatable bonds is 5. The number of hydrogen-bond acceptors (Lipinski definition) is 4. The fourth-order valence-corrected chi connectivity index (χ4v) is 4.41. The average Bonchev–Trinajstić information content (AvgIpc) is 2.82. The van der Waals surface area contributed by atoms with E-state index < -0.39 is 0 Å². The van der Waals surface area contributed by atoms with Crippen molar-refractivity contribution in [3.8, 4) is 0 Å². The lowest BCUT2D eigenvalue weighted by Gasteiger charge is -2.34. The highest BCUT2D eigenvalue weighted by atomic mass is 32.1. The largest absolute Gasteiger partial charge is 0.348 e. The van der Waals surface area contributed by atoms with Crippen LogP contribution in [0.2, 0.25) is 0 Å². The Morgan fingerprint density at radius 3 is 2.75 bits per heavy atom.